The van der Waals surface area contributed by atoms with E-state index in [0.717, 1.165) is 5.56 Å². The molecule has 7 nitrogen and oxygen atoms in total. The average Bonchev–Trinajstić information content (AvgIpc) is 2.70. The van der Waals surface area contributed by atoms with Crippen LogP contribution in [0.5, 0.6) is 11.5 Å². The van der Waals surface area contributed by atoms with E-state index in [2.05, 4.69) is 0 Å². The lowest BCUT2D eigenvalue weighted by molar-refractivity contribution is -0.153. The number of ether oxygens (including phenoxy) is 3. The topological polar surface area (TPSA) is 102 Å². The molecule has 0 saturated carbocycles. The van der Waals surface area contributed by atoms with E-state index < -0.39 is 18.2 Å². The van der Waals surface area contributed by atoms with Crippen molar-refractivity contribution in [3.05, 3.63) is 58.6 Å². The van der Waals surface area contributed by atoms with Crippen molar-refractivity contribution >= 4 is 23.4 Å². The number of carboxylic acids is 1. The van der Waals surface area contributed by atoms with Crippen LogP contribution in [0.15, 0.2) is 42.5 Å². The van der Waals surface area contributed by atoms with Gasteiger partial charge in [-0.3, -0.25) is 4.79 Å². The molecule has 0 aromatic heterocycles. The van der Waals surface area contributed by atoms with Gasteiger partial charge in [0.1, 0.15) is 30.8 Å². The second-order valence-corrected chi connectivity index (χ2v) is 7.77. The highest BCUT2D eigenvalue weighted by atomic mass is 35.5. The quantitative estimate of drug-likeness (QED) is 0.474. The summed E-state index contributed by atoms with van der Waals surface area (Å²) >= 11 is 5.91. The third-order valence-corrected chi connectivity index (χ3v) is 4.46. The molecule has 0 radical (unpaired) electrons. The van der Waals surface area contributed by atoms with Crippen LogP contribution < -0.4 is 9.47 Å². The fraction of sp³-hybridized carbons (Fsp3) is 0.391. The van der Waals surface area contributed by atoms with E-state index in [0.29, 0.717) is 22.1 Å². The molecule has 31 heavy (non-hydrogen) atoms. The molecule has 2 aromatic carbocycles. The molecule has 0 heterocycles. The third-order valence-electron chi connectivity index (χ3n) is 4.23. The summed E-state index contributed by atoms with van der Waals surface area (Å²) in [6.45, 7) is 4.85. The molecule has 0 bridgehead atoms. The van der Waals surface area contributed by atoms with Crippen LogP contribution in [-0.4, -0.2) is 53.5 Å². The van der Waals surface area contributed by atoms with Crippen molar-refractivity contribution in [2.45, 2.75) is 45.5 Å². The Bertz CT molecular complexity index is 897. The van der Waals surface area contributed by atoms with Gasteiger partial charge in [-0.25, -0.2) is 4.79 Å². The molecule has 0 aliphatic rings. The Morgan fingerprint density at radius 1 is 1.06 bits per heavy atom. The maximum absolute atomic E-state index is 11.7. The predicted molar refractivity (Wildman–Crippen MR) is 116 cm³/mol. The van der Waals surface area contributed by atoms with Gasteiger partial charge in [-0.2, -0.15) is 0 Å². The molecule has 0 unspecified atom stereocenters. The number of aliphatic carboxylic acids is 1. The van der Waals surface area contributed by atoms with Gasteiger partial charge in [-0.05, 0) is 56.7 Å². The number of aliphatic hydroxyl groups excluding tert-OH is 1. The number of benzene rings is 2. The number of ketones is 1. The van der Waals surface area contributed by atoms with Crippen LogP contribution in [0.2, 0.25) is 5.02 Å². The van der Waals surface area contributed by atoms with Crippen LogP contribution >= 0.6 is 11.6 Å². The van der Waals surface area contributed by atoms with Gasteiger partial charge in [0.15, 0.2) is 11.9 Å². The van der Waals surface area contributed by atoms with Crippen molar-refractivity contribution in [2.75, 3.05) is 13.2 Å². The summed E-state index contributed by atoms with van der Waals surface area (Å²) in [6.07, 6.45) is -1.92. The van der Waals surface area contributed by atoms with Crippen LogP contribution in [0.3, 0.4) is 0 Å². The Morgan fingerprint density at radius 3 is 2.42 bits per heavy atom. The van der Waals surface area contributed by atoms with E-state index in [4.69, 9.17) is 25.8 Å². The molecule has 0 saturated heterocycles. The third kappa shape index (κ3) is 8.20. The maximum atomic E-state index is 11.7. The molecule has 168 valence electrons. The number of halogens is 1. The second kappa shape index (κ2) is 11.7. The standard InChI is InChI=1S/C23H27ClO7/c1-14(2)31-22(23(27)28)10-16-5-4-6-19(9-16)29-12-18(26)13-30-21-8-7-17(24)11-20(21)15(3)25/h4-9,11,14,18,22,26H,10,12-13H2,1-3H3,(H,27,28)/t18-,22+/m1/s1. The van der Waals surface area contributed by atoms with Crippen molar-refractivity contribution in [3.8, 4) is 11.5 Å². The van der Waals surface area contributed by atoms with Crippen molar-refractivity contribution in [2.24, 2.45) is 0 Å². The fourth-order valence-electron chi connectivity index (χ4n) is 2.83. The van der Waals surface area contributed by atoms with E-state index in [1.165, 1.54) is 13.0 Å². The zero-order valence-corrected chi connectivity index (χ0v) is 18.5. The highest BCUT2D eigenvalue weighted by Gasteiger charge is 2.20. The first kappa shape index (κ1) is 24.7. The van der Waals surface area contributed by atoms with E-state index in [1.807, 2.05) is 0 Å². The normalized spacial score (nSPS) is 13.0. The summed E-state index contributed by atoms with van der Waals surface area (Å²) < 4.78 is 16.6. The summed E-state index contributed by atoms with van der Waals surface area (Å²) in [7, 11) is 0. The Kier molecular flexibility index (Phi) is 9.30. The SMILES string of the molecule is CC(=O)c1cc(Cl)ccc1OC[C@H](O)COc1cccc(C[C@H](OC(C)C)C(=O)O)c1. The number of Topliss-reactive ketones (excluding diaryl/α,β-unsaturated/α-hetero) is 1. The zero-order chi connectivity index (χ0) is 23.0. The number of rotatable bonds is 12. The van der Waals surface area contributed by atoms with Gasteiger partial charge < -0.3 is 24.4 Å². The Hall–Kier alpha value is -2.61. The minimum atomic E-state index is -1.03. The Labute approximate surface area is 186 Å². The molecule has 0 spiro atoms. The van der Waals surface area contributed by atoms with E-state index >= 15 is 0 Å². The molecule has 0 amide bonds. The van der Waals surface area contributed by atoms with Crippen LogP contribution in [0.1, 0.15) is 36.7 Å². The van der Waals surface area contributed by atoms with Gasteiger partial charge in [-0.15, -0.1) is 0 Å². The van der Waals surface area contributed by atoms with Crippen molar-refractivity contribution in [1.82, 2.24) is 0 Å². The summed E-state index contributed by atoms with van der Waals surface area (Å²) in [5, 5.41) is 19.9. The summed E-state index contributed by atoms with van der Waals surface area (Å²) in [5.74, 6) is -0.398. The first-order valence-corrected chi connectivity index (χ1v) is 10.2. The maximum Gasteiger partial charge on any atom is 0.333 e. The van der Waals surface area contributed by atoms with Gasteiger partial charge in [0.2, 0.25) is 0 Å². The molecule has 2 N–H and O–H groups in total. The first-order chi connectivity index (χ1) is 14.7. The number of hydrogen-bond donors (Lipinski definition) is 2. The smallest absolute Gasteiger partial charge is 0.333 e. The molecular weight excluding hydrogens is 424 g/mol. The van der Waals surface area contributed by atoms with E-state index in [1.54, 1.807) is 50.2 Å². The highest BCUT2D eigenvalue weighted by molar-refractivity contribution is 6.31. The monoisotopic (exact) mass is 450 g/mol. The highest BCUT2D eigenvalue weighted by Crippen LogP contribution is 2.24. The molecule has 0 aliphatic carbocycles. The molecular formula is C23H27ClO7. The van der Waals surface area contributed by atoms with Gasteiger partial charge in [0.25, 0.3) is 0 Å². The van der Waals surface area contributed by atoms with Crippen LogP contribution in [0, 0.1) is 0 Å². The number of hydrogen-bond acceptors (Lipinski definition) is 6. The lowest BCUT2D eigenvalue weighted by Crippen LogP contribution is -2.29. The van der Waals surface area contributed by atoms with Gasteiger partial charge >= 0.3 is 5.97 Å². The number of aliphatic hydroxyl groups is 1. The van der Waals surface area contributed by atoms with Crippen molar-refractivity contribution < 1.29 is 34.0 Å². The van der Waals surface area contributed by atoms with Crippen molar-refractivity contribution in [1.29, 1.82) is 0 Å². The predicted octanol–water partition coefficient (Wildman–Crippen LogP) is 3.78. The summed E-state index contributed by atoms with van der Waals surface area (Å²) in [4.78, 5) is 23.1. The van der Waals surface area contributed by atoms with Gasteiger partial charge in [0.05, 0.1) is 11.7 Å². The Balaban J connectivity index is 1.91. The zero-order valence-electron chi connectivity index (χ0n) is 17.7. The fourth-order valence-corrected chi connectivity index (χ4v) is 3.00. The first-order valence-electron chi connectivity index (χ1n) is 9.87. The van der Waals surface area contributed by atoms with Crippen LogP contribution in [0.25, 0.3) is 0 Å². The molecule has 0 fully saturated rings. The number of carboxylic acid groups (broad SMARTS) is 1. The number of carbonyl (C=O) groups is 2. The van der Waals surface area contributed by atoms with E-state index in [9.17, 15) is 19.8 Å². The average molecular weight is 451 g/mol. The molecule has 2 aromatic rings. The van der Waals surface area contributed by atoms with Gasteiger partial charge in [0, 0.05) is 11.4 Å². The second-order valence-electron chi connectivity index (χ2n) is 7.34. The lowest BCUT2D eigenvalue weighted by atomic mass is 10.1. The Morgan fingerprint density at radius 2 is 1.77 bits per heavy atom. The minimum Gasteiger partial charge on any atom is -0.491 e. The minimum absolute atomic E-state index is 0.0443. The summed E-state index contributed by atoms with van der Waals surface area (Å²) in [5.41, 5.74) is 1.08. The molecule has 2 atom stereocenters. The van der Waals surface area contributed by atoms with E-state index in [-0.39, 0.29) is 31.5 Å². The van der Waals surface area contributed by atoms with Crippen LogP contribution in [0.4, 0.5) is 0 Å². The largest absolute Gasteiger partial charge is 0.491 e. The van der Waals surface area contributed by atoms with Crippen LogP contribution in [-0.2, 0) is 16.0 Å². The molecule has 8 heteroatoms. The van der Waals surface area contributed by atoms with Crippen molar-refractivity contribution in [3.63, 3.8) is 0 Å². The summed E-state index contributed by atoms with van der Waals surface area (Å²) in [6, 6.07) is 11.6. The number of carbonyl (C=O) groups excluding carboxylic acids is 1. The molecule has 2 rings (SSSR count). The van der Waals surface area contributed by atoms with Gasteiger partial charge in [-0.1, -0.05) is 23.7 Å². The molecule has 0 aliphatic heterocycles. The lowest BCUT2D eigenvalue weighted by Gasteiger charge is -2.17.